The number of H-pyrrole nitrogens is 1. The Morgan fingerprint density at radius 2 is 2.16 bits per heavy atom. The average Bonchev–Trinajstić information content (AvgIpc) is 3.18. The van der Waals surface area contributed by atoms with Crippen LogP contribution in [0.4, 0.5) is 11.6 Å². The zero-order valence-corrected chi connectivity index (χ0v) is 17.4. The number of aromatic amines is 1. The van der Waals surface area contributed by atoms with Gasteiger partial charge in [0, 0.05) is 43.0 Å². The van der Waals surface area contributed by atoms with Gasteiger partial charge in [-0.05, 0) is 37.0 Å². The number of allylic oxidation sites excluding steroid dienone is 1. The van der Waals surface area contributed by atoms with E-state index >= 15 is 0 Å². The number of fused-ring (bicyclic) bond motifs is 1. The number of aliphatic hydroxyl groups is 1. The molecule has 0 radical (unpaired) electrons. The van der Waals surface area contributed by atoms with E-state index in [0.29, 0.717) is 28.8 Å². The lowest BCUT2D eigenvalue weighted by atomic mass is 10.2. The summed E-state index contributed by atoms with van der Waals surface area (Å²) in [6.45, 7) is 7.36. The van der Waals surface area contributed by atoms with Crippen LogP contribution in [-0.4, -0.2) is 64.9 Å². The van der Waals surface area contributed by atoms with Gasteiger partial charge in [-0.2, -0.15) is 0 Å². The van der Waals surface area contributed by atoms with Crippen molar-refractivity contribution in [3.8, 4) is 0 Å². The first-order valence-corrected chi connectivity index (χ1v) is 9.47. The Bertz CT molecular complexity index is 1150. The number of hydrogen-bond donors (Lipinski definition) is 3. The molecule has 3 aromatic rings. The molecule has 0 saturated heterocycles. The third kappa shape index (κ3) is 5.34. The van der Waals surface area contributed by atoms with Gasteiger partial charge in [0.25, 0.3) is 5.91 Å². The van der Waals surface area contributed by atoms with Crippen molar-refractivity contribution < 1.29 is 14.6 Å². The summed E-state index contributed by atoms with van der Waals surface area (Å²) in [5.41, 5.74) is 3.13. The van der Waals surface area contributed by atoms with Crippen molar-refractivity contribution in [1.29, 1.82) is 0 Å². The molecule has 2 heterocycles. The van der Waals surface area contributed by atoms with Gasteiger partial charge in [-0.15, -0.1) is 0 Å². The van der Waals surface area contributed by atoms with Crippen molar-refractivity contribution in [2.24, 2.45) is 4.99 Å². The lowest BCUT2D eigenvalue weighted by Gasteiger charge is -2.08. The van der Waals surface area contributed by atoms with Crippen molar-refractivity contribution in [2.75, 3.05) is 32.6 Å². The van der Waals surface area contributed by atoms with Crippen LogP contribution in [0, 0.1) is 0 Å². The molecule has 0 aliphatic carbocycles. The molecular weight excluding hydrogens is 396 g/mol. The molecule has 0 aliphatic rings. The van der Waals surface area contributed by atoms with Crippen LogP contribution in [0.2, 0.25) is 0 Å². The van der Waals surface area contributed by atoms with Gasteiger partial charge in [-0.1, -0.05) is 6.58 Å². The molecule has 3 N–H and O–H groups in total. The van der Waals surface area contributed by atoms with Gasteiger partial charge in [0.2, 0.25) is 5.95 Å². The summed E-state index contributed by atoms with van der Waals surface area (Å²) in [5.74, 6) is 0.613. The van der Waals surface area contributed by atoms with Crippen molar-refractivity contribution in [2.45, 2.75) is 0 Å². The first kappa shape index (κ1) is 21.7. The number of aliphatic hydroxyl groups excluding tert-OH is 1. The van der Waals surface area contributed by atoms with Crippen molar-refractivity contribution in [1.82, 2.24) is 19.9 Å². The lowest BCUT2D eigenvalue weighted by Crippen LogP contribution is -2.21. The molecule has 160 valence electrons. The quantitative estimate of drug-likeness (QED) is 0.278. The van der Waals surface area contributed by atoms with E-state index in [1.54, 1.807) is 38.5 Å². The van der Waals surface area contributed by atoms with Crippen LogP contribution in [0.3, 0.4) is 0 Å². The number of nitrogens with zero attached hydrogens (tertiary/aromatic N) is 4. The number of hydrogen-bond acceptors (Lipinski definition) is 7. The van der Waals surface area contributed by atoms with Gasteiger partial charge in [0.05, 0.1) is 18.0 Å². The van der Waals surface area contributed by atoms with E-state index in [0.717, 1.165) is 16.6 Å². The molecule has 0 fully saturated rings. The second-order valence-corrected chi connectivity index (χ2v) is 6.80. The Morgan fingerprint density at radius 3 is 2.87 bits per heavy atom. The van der Waals surface area contributed by atoms with E-state index in [2.05, 4.69) is 38.6 Å². The fourth-order valence-corrected chi connectivity index (χ4v) is 2.83. The van der Waals surface area contributed by atoms with Crippen LogP contribution in [0.25, 0.3) is 16.6 Å². The monoisotopic (exact) mass is 420 g/mol. The zero-order valence-electron chi connectivity index (χ0n) is 17.4. The van der Waals surface area contributed by atoms with Crippen LogP contribution < -0.4 is 5.32 Å². The third-order valence-electron chi connectivity index (χ3n) is 4.28. The number of carbonyl (C=O) groups is 1. The summed E-state index contributed by atoms with van der Waals surface area (Å²) >= 11 is 0. The van der Waals surface area contributed by atoms with Gasteiger partial charge < -0.3 is 25.0 Å². The number of anilines is 2. The molecule has 2 aromatic heterocycles. The Morgan fingerprint density at radius 1 is 1.35 bits per heavy atom. The van der Waals surface area contributed by atoms with E-state index in [1.165, 1.54) is 4.90 Å². The first-order chi connectivity index (χ1) is 14.9. The SMILES string of the molecule is C=N/C(=C\C(=C)OCCO)c1ccnc(Nc2ccc3[nH]c(C(=O)N(C)C)cc3c2)n1. The molecular formula is C22H24N6O3. The molecule has 9 nitrogen and oxygen atoms in total. The number of ether oxygens (including phenoxy) is 1. The average molecular weight is 420 g/mol. The molecule has 0 bridgehead atoms. The van der Waals surface area contributed by atoms with E-state index in [-0.39, 0.29) is 19.1 Å². The molecule has 0 atom stereocenters. The number of amides is 1. The maximum absolute atomic E-state index is 12.2. The normalized spacial score (nSPS) is 11.3. The highest BCUT2D eigenvalue weighted by Gasteiger charge is 2.12. The van der Waals surface area contributed by atoms with Crippen LogP contribution in [-0.2, 0) is 4.74 Å². The Balaban J connectivity index is 1.82. The summed E-state index contributed by atoms with van der Waals surface area (Å²) in [6.07, 6.45) is 3.19. The van der Waals surface area contributed by atoms with Gasteiger partial charge in [0.1, 0.15) is 18.1 Å². The number of carbonyl (C=O) groups excluding carboxylic acids is 1. The Hall–Kier alpha value is -3.98. The molecule has 0 spiro atoms. The van der Waals surface area contributed by atoms with Crippen molar-refractivity contribution >= 4 is 40.9 Å². The molecule has 1 aromatic carbocycles. The summed E-state index contributed by atoms with van der Waals surface area (Å²) < 4.78 is 5.25. The minimum absolute atomic E-state index is 0.0949. The highest BCUT2D eigenvalue weighted by Crippen LogP contribution is 2.23. The Labute approximate surface area is 179 Å². The second-order valence-electron chi connectivity index (χ2n) is 6.80. The van der Waals surface area contributed by atoms with Gasteiger partial charge in [-0.3, -0.25) is 9.79 Å². The number of rotatable bonds is 9. The molecule has 0 aliphatic heterocycles. The molecule has 3 rings (SSSR count). The molecule has 9 heteroatoms. The first-order valence-electron chi connectivity index (χ1n) is 9.47. The standard InChI is InChI=1S/C22H24N6O3/c1-14(31-10-9-29)11-19(23-2)18-7-8-24-22(27-18)25-16-5-6-17-15(12-16)13-20(26-17)21(30)28(3)4/h5-8,11-13,26,29H,1-2,9-10H2,3-4H3,(H,24,25,27)/b19-11-. The van der Waals surface area contributed by atoms with Crippen LogP contribution in [0.15, 0.2) is 59.9 Å². The van der Waals surface area contributed by atoms with Crippen molar-refractivity contribution in [3.63, 3.8) is 0 Å². The van der Waals surface area contributed by atoms with Crippen LogP contribution in [0.1, 0.15) is 16.2 Å². The highest BCUT2D eigenvalue weighted by molar-refractivity contribution is 5.98. The second kappa shape index (κ2) is 9.68. The maximum atomic E-state index is 12.2. The summed E-state index contributed by atoms with van der Waals surface area (Å²) in [5, 5.41) is 12.9. The predicted molar refractivity (Wildman–Crippen MR) is 121 cm³/mol. The molecule has 0 unspecified atom stereocenters. The maximum Gasteiger partial charge on any atom is 0.269 e. The van der Waals surface area contributed by atoms with Gasteiger partial charge in [0.15, 0.2) is 0 Å². The third-order valence-corrected chi connectivity index (χ3v) is 4.28. The van der Waals surface area contributed by atoms with Crippen molar-refractivity contribution in [3.05, 3.63) is 66.3 Å². The van der Waals surface area contributed by atoms with Gasteiger partial charge in [-0.25, -0.2) is 9.97 Å². The molecule has 31 heavy (non-hydrogen) atoms. The number of aromatic nitrogens is 3. The minimum atomic E-state index is -0.110. The summed E-state index contributed by atoms with van der Waals surface area (Å²) in [4.78, 5) is 29.5. The number of aliphatic imine (C=N–C) groups is 1. The zero-order chi connectivity index (χ0) is 22.4. The van der Waals surface area contributed by atoms with Crippen LogP contribution >= 0.6 is 0 Å². The largest absolute Gasteiger partial charge is 0.492 e. The van der Waals surface area contributed by atoms with E-state index in [4.69, 9.17) is 9.84 Å². The summed E-state index contributed by atoms with van der Waals surface area (Å²) in [7, 11) is 3.42. The fraction of sp³-hybridized carbons (Fsp3) is 0.182. The highest BCUT2D eigenvalue weighted by atomic mass is 16.5. The van der Waals surface area contributed by atoms with Gasteiger partial charge >= 0.3 is 0 Å². The topological polar surface area (TPSA) is 116 Å². The smallest absolute Gasteiger partial charge is 0.269 e. The summed E-state index contributed by atoms with van der Waals surface area (Å²) in [6, 6.07) is 9.15. The number of nitrogens with one attached hydrogen (secondary N) is 2. The fourth-order valence-electron chi connectivity index (χ4n) is 2.83. The lowest BCUT2D eigenvalue weighted by molar-refractivity contribution is 0.0823. The van der Waals surface area contributed by atoms with E-state index in [9.17, 15) is 4.79 Å². The van der Waals surface area contributed by atoms with Crippen LogP contribution in [0.5, 0.6) is 0 Å². The van der Waals surface area contributed by atoms with E-state index < -0.39 is 0 Å². The molecule has 0 saturated carbocycles. The minimum Gasteiger partial charge on any atom is -0.492 e. The Kier molecular flexibility index (Phi) is 6.78. The predicted octanol–water partition coefficient (Wildman–Crippen LogP) is 2.97. The van der Waals surface area contributed by atoms with E-state index in [1.807, 2.05) is 18.2 Å². The molecule has 1 amide bonds. The number of benzene rings is 1.